The molecule has 1 N–H and O–H groups in total. The largest absolute Gasteiger partial charge is 0.462 e. The van der Waals surface area contributed by atoms with Crippen LogP contribution in [0.5, 0.6) is 0 Å². The Morgan fingerprint density at radius 2 is 1.07 bits per heavy atom. The zero-order valence-electron chi connectivity index (χ0n) is 19.8. The van der Waals surface area contributed by atoms with Crippen LogP contribution in [0.2, 0.25) is 0 Å². The Balaban J connectivity index is 3.47. The van der Waals surface area contributed by atoms with Gasteiger partial charge in [-0.3, -0.25) is 9.59 Å². The first-order chi connectivity index (χ1) is 14.6. The van der Waals surface area contributed by atoms with Gasteiger partial charge in [0.25, 0.3) is 0 Å². The Morgan fingerprint density at radius 1 is 0.633 bits per heavy atom. The van der Waals surface area contributed by atoms with E-state index in [1.807, 2.05) is 6.92 Å². The summed E-state index contributed by atoms with van der Waals surface area (Å²) < 4.78 is 10.3. The second-order valence-electron chi connectivity index (χ2n) is 8.43. The molecule has 0 aromatic heterocycles. The summed E-state index contributed by atoms with van der Waals surface area (Å²) in [6.45, 7) is 3.87. The van der Waals surface area contributed by atoms with Crippen LogP contribution in [-0.4, -0.2) is 36.4 Å². The van der Waals surface area contributed by atoms with E-state index in [0.29, 0.717) is 12.8 Å². The minimum absolute atomic E-state index is 0.0659. The average molecular weight is 429 g/mol. The lowest BCUT2D eigenvalue weighted by Crippen LogP contribution is -2.28. The molecule has 0 aliphatic heterocycles. The number of esters is 2. The fraction of sp³-hybridized carbons (Fsp3) is 0.920. The molecule has 0 fully saturated rings. The van der Waals surface area contributed by atoms with Crippen molar-refractivity contribution in [2.24, 2.45) is 0 Å². The molecule has 0 amide bonds. The lowest BCUT2D eigenvalue weighted by Gasteiger charge is -2.15. The number of ether oxygens (including phenoxy) is 2. The van der Waals surface area contributed by atoms with Crippen molar-refractivity contribution < 1.29 is 24.2 Å². The second-order valence-corrected chi connectivity index (χ2v) is 8.43. The van der Waals surface area contributed by atoms with Crippen LogP contribution < -0.4 is 0 Å². The molecule has 0 aromatic carbocycles. The van der Waals surface area contributed by atoms with Crippen LogP contribution in [0.3, 0.4) is 0 Å². The fourth-order valence-electron chi connectivity index (χ4n) is 3.41. The van der Waals surface area contributed by atoms with Crippen molar-refractivity contribution in [2.75, 3.05) is 13.2 Å². The Bertz CT molecular complexity index is 397. The van der Waals surface area contributed by atoms with Crippen LogP contribution in [0.4, 0.5) is 0 Å². The molecule has 178 valence electrons. The summed E-state index contributed by atoms with van der Waals surface area (Å²) >= 11 is 0. The molecule has 0 spiro atoms. The van der Waals surface area contributed by atoms with E-state index >= 15 is 0 Å². The third-order valence-electron chi connectivity index (χ3n) is 5.40. The highest BCUT2D eigenvalue weighted by Gasteiger charge is 2.15. The fourth-order valence-corrected chi connectivity index (χ4v) is 3.41. The van der Waals surface area contributed by atoms with E-state index in [-0.39, 0.29) is 25.2 Å². The Kier molecular flexibility index (Phi) is 21.8. The van der Waals surface area contributed by atoms with Crippen LogP contribution in [0, 0.1) is 0 Å². The molecule has 0 radical (unpaired) electrons. The zero-order chi connectivity index (χ0) is 22.3. The predicted molar refractivity (Wildman–Crippen MR) is 122 cm³/mol. The van der Waals surface area contributed by atoms with E-state index in [4.69, 9.17) is 9.47 Å². The maximum atomic E-state index is 11.9. The molecule has 0 aliphatic rings. The van der Waals surface area contributed by atoms with Crippen molar-refractivity contribution in [2.45, 2.75) is 136 Å². The molecule has 30 heavy (non-hydrogen) atoms. The van der Waals surface area contributed by atoms with Gasteiger partial charge in [0.15, 0.2) is 6.10 Å². The van der Waals surface area contributed by atoms with Crippen LogP contribution >= 0.6 is 0 Å². The number of hydrogen-bond donors (Lipinski definition) is 1. The second kappa shape index (κ2) is 22.6. The highest BCUT2D eigenvalue weighted by atomic mass is 16.6. The van der Waals surface area contributed by atoms with Crippen molar-refractivity contribution in [3.8, 4) is 0 Å². The first kappa shape index (κ1) is 28.9. The van der Waals surface area contributed by atoms with Gasteiger partial charge in [-0.25, -0.2) is 0 Å². The molecule has 0 aliphatic carbocycles. The summed E-state index contributed by atoms with van der Waals surface area (Å²) in [5, 5.41) is 9.29. The summed E-state index contributed by atoms with van der Waals surface area (Å²) in [4.78, 5) is 23.4. The lowest BCUT2D eigenvalue weighted by molar-refractivity contribution is -0.161. The number of carbonyl (C=O) groups is 2. The molecule has 0 saturated carbocycles. The topological polar surface area (TPSA) is 72.8 Å². The Morgan fingerprint density at radius 3 is 1.53 bits per heavy atom. The number of rotatable bonds is 22. The van der Waals surface area contributed by atoms with Gasteiger partial charge in [-0.05, 0) is 12.8 Å². The van der Waals surface area contributed by atoms with E-state index in [1.165, 1.54) is 70.6 Å². The Hall–Kier alpha value is -1.10. The van der Waals surface area contributed by atoms with Gasteiger partial charge < -0.3 is 14.6 Å². The first-order valence-electron chi connectivity index (χ1n) is 12.6. The minimum Gasteiger partial charge on any atom is -0.462 e. The molecule has 1 atom stereocenters. The van der Waals surface area contributed by atoms with E-state index in [0.717, 1.165) is 32.1 Å². The van der Waals surface area contributed by atoms with Gasteiger partial charge in [0, 0.05) is 12.8 Å². The maximum absolute atomic E-state index is 11.9. The first-order valence-corrected chi connectivity index (χ1v) is 12.6. The van der Waals surface area contributed by atoms with Crippen molar-refractivity contribution in [3.05, 3.63) is 0 Å². The molecule has 0 rings (SSSR count). The number of aliphatic hydroxyl groups is 1. The molecule has 5 nitrogen and oxygen atoms in total. The van der Waals surface area contributed by atoms with Gasteiger partial charge in [0.05, 0.1) is 6.61 Å². The predicted octanol–water partition coefficient (Wildman–Crippen LogP) is 6.50. The summed E-state index contributed by atoms with van der Waals surface area (Å²) in [5.41, 5.74) is 0. The van der Waals surface area contributed by atoms with E-state index in [9.17, 15) is 14.7 Å². The summed E-state index contributed by atoms with van der Waals surface area (Å²) in [5.74, 6) is -0.629. The van der Waals surface area contributed by atoms with Crippen molar-refractivity contribution in [3.63, 3.8) is 0 Å². The number of aliphatic hydroxyl groups excluding tert-OH is 1. The highest BCUT2D eigenvalue weighted by Crippen LogP contribution is 2.13. The van der Waals surface area contributed by atoms with Gasteiger partial charge in [-0.15, -0.1) is 0 Å². The van der Waals surface area contributed by atoms with Gasteiger partial charge >= 0.3 is 11.9 Å². The Labute approximate surface area is 185 Å². The zero-order valence-corrected chi connectivity index (χ0v) is 19.8. The quantitative estimate of drug-likeness (QED) is 0.157. The monoisotopic (exact) mass is 428 g/mol. The lowest BCUT2D eigenvalue weighted by atomic mass is 10.0. The average Bonchev–Trinajstić information content (AvgIpc) is 2.75. The SMILES string of the molecule is CCCCCCCCCCCCCCCCC(=O)OC(CO)COC(=O)CCCC. The number of hydrogen-bond acceptors (Lipinski definition) is 5. The highest BCUT2D eigenvalue weighted by molar-refractivity contribution is 5.70. The minimum atomic E-state index is -0.755. The smallest absolute Gasteiger partial charge is 0.306 e. The normalized spacial score (nSPS) is 12.0. The van der Waals surface area contributed by atoms with Crippen molar-refractivity contribution in [1.29, 1.82) is 0 Å². The van der Waals surface area contributed by atoms with Crippen LogP contribution in [0.25, 0.3) is 0 Å². The van der Waals surface area contributed by atoms with E-state index in [1.54, 1.807) is 0 Å². The van der Waals surface area contributed by atoms with Gasteiger partial charge in [0.1, 0.15) is 6.61 Å². The molecule has 1 unspecified atom stereocenters. The molecule has 0 heterocycles. The number of carbonyl (C=O) groups excluding carboxylic acids is 2. The summed E-state index contributed by atoms with van der Waals surface area (Å²) in [6.07, 6.45) is 19.5. The number of unbranched alkanes of at least 4 members (excludes halogenated alkanes) is 14. The molecule has 0 saturated heterocycles. The third kappa shape index (κ3) is 20.2. The maximum Gasteiger partial charge on any atom is 0.306 e. The summed E-state index contributed by atoms with van der Waals surface area (Å²) in [6, 6.07) is 0. The molecular formula is C25H48O5. The van der Waals surface area contributed by atoms with Crippen LogP contribution in [0.15, 0.2) is 0 Å². The van der Waals surface area contributed by atoms with Crippen molar-refractivity contribution >= 4 is 11.9 Å². The standard InChI is InChI=1S/C25H48O5/c1-3-5-7-8-9-10-11-12-13-14-15-16-17-18-20-25(28)30-23(21-26)22-29-24(27)19-6-4-2/h23,26H,3-22H2,1-2H3. The van der Waals surface area contributed by atoms with Crippen LogP contribution in [-0.2, 0) is 19.1 Å². The summed E-state index contributed by atoms with van der Waals surface area (Å²) in [7, 11) is 0. The third-order valence-corrected chi connectivity index (χ3v) is 5.40. The van der Waals surface area contributed by atoms with Gasteiger partial charge in [-0.2, -0.15) is 0 Å². The van der Waals surface area contributed by atoms with Crippen LogP contribution in [0.1, 0.15) is 129 Å². The molecular weight excluding hydrogens is 380 g/mol. The van der Waals surface area contributed by atoms with Crippen molar-refractivity contribution in [1.82, 2.24) is 0 Å². The van der Waals surface area contributed by atoms with E-state index < -0.39 is 6.10 Å². The van der Waals surface area contributed by atoms with Gasteiger partial charge in [0.2, 0.25) is 0 Å². The van der Waals surface area contributed by atoms with E-state index in [2.05, 4.69) is 6.92 Å². The molecule has 0 aromatic rings. The molecule has 0 bridgehead atoms. The van der Waals surface area contributed by atoms with Gasteiger partial charge in [-0.1, -0.05) is 104 Å². The molecule has 5 heteroatoms.